The van der Waals surface area contributed by atoms with Gasteiger partial charge >= 0.3 is 0 Å². The predicted molar refractivity (Wildman–Crippen MR) is 81.4 cm³/mol. The Hall–Kier alpha value is -0.940. The summed E-state index contributed by atoms with van der Waals surface area (Å²) in [4.78, 5) is 2.53. The molecule has 5 nitrogen and oxygen atoms in total. The van der Waals surface area contributed by atoms with Gasteiger partial charge in [-0.05, 0) is 30.8 Å². The maximum atomic E-state index is 4.22. The molecule has 0 saturated carbocycles. The first-order valence-corrected chi connectivity index (χ1v) is 7.77. The van der Waals surface area contributed by atoms with Gasteiger partial charge in [0, 0.05) is 25.8 Å². The second-order valence-electron chi connectivity index (χ2n) is 7.19. The molecule has 0 aromatic carbocycles. The molecule has 0 radical (unpaired) electrons. The second kappa shape index (κ2) is 6.68. The van der Waals surface area contributed by atoms with Crippen molar-refractivity contribution >= 4 is 0 Å². The molecule has 2 heterocycles. The Labute approximate surface area is 122 Å². The van der Waals surface area contributed by atoms with E-state index in [1.165, 1.54) is 19.5 Å². The first-order valence-electron chi connectivity index (χ1n) is 7.77. The van der Waals surface area contributed by atoms with E-state index in [4.69, 9.17) is 0 Å². The van der Waals surface area contributed by atoms with Crippen molar-refractivity contribution in [1.29, 1.82) is 0 Å². The van der Waals surface area contributed by atoms with Gasteiger partial charge in [0.2, 0.25) is 0 Å². The Morgan fingerprint density at radius 3 is 2.80 bits per heavy atom. The van der Waals surface area contributed by atoms with Crippen molar-refractivity contribution in [2.24, 2.45) is 11.3 Å². The summed E-state index contributed by atoms with van der Waals surface area (Å²) in [7, 11) is 0. The van der Waals surface area contributed by atoms with Crippen LogP contribution < -0.4 is 5.32 Å². The molecule has 1 aliphatic rings. The first-order chi connectivity index (χ1) is 9.44. The third-order valence-corrected chi connectivity index (χ3v) is 3.85. The topological polar surface area (TPSA) is 46.0 Å². The molecule has 0 spiro atoms. The van der Waals surface area contributed by atoms with Crippen LogP contribution in [0.3, 0.4) is 0 Å². The lowest BCUT2D eigenvalue weighted by Crippen LogP contribution is -2.27. The maximum Gasteiger partial charge on any atom is 0.0964 e. The summed E-state index contributed by atoms with van der Waals surface area (Å²) in [6, 6.07) is 0. The van der Waals surface area contributed by atoms with Gasteiger partial charge < -0.3 is 10.2 Å². The molecular weight excluding hydrogens is 250 g/mol. The zero-order valence-corrected chi connectivity index (χ0v) is 13.4. The van der Waals surface area contributed by atoms with E-state index in [0.29, 0.717) is 11.3 Å². The first kappa shape index (κ1) is 15.4. The van der Waals surface area contributed by atoms with Crippen LogP contribution in [0.1, 0.15) is 39.8 Å². The van der Waals surface area contributed by atoms with Gasteiger partial charge in [-0.2, -0.15) is 0 Å². The van der Waals surface area contributed by atoms with Crippen molar-refractivity contribution < 1.29 is 0 Å². The number of hydrogen-bond acceptors (Lipinski definition) is 4. The molecule has 1 aromatic heterocycles. The molecule has 0 atom stereocenters. The lowest BCUT2D eigenvalue weighted by atomic mass is 9.93. The van der Waals surface area contributed by atoms with Crippen molar-refractivity contribution in [3.8, 4) is 0 Å². The van der Waals surface area contributed by atoms with Crippen molar-refractivity contribution in [1.82, 2.24) is 25.2 Å². The van der Waals surface area contributed by atoms with Crippen LogP contribution in [0.15, 0.2) is 6.20 Å². The van der Waals surface area contributed by atoms with Crippen LogP contribution in [-0.2, 0) is 13.1 Å². The van der Waals surface area contributed by atoms with Crippen LogP contribution in [-0.4, -0.2) is 46.1 Å². The second-order valence-corrected chi connectivity index (χ2v) is 7.19. The van der Waals surface area contributed by atoms with E-state index in [-0.39, 0.29) is 0 Å². The molecule has 114 valence electrons. The van der Waals surface area contributed by atoms with E-state index in [1.54, 1.807) is 0 Å². The van der Waals surface area contributed by atoms with E-state index >= 15 is 0 Å². The molecule has 20 heavy (non-hydrogen) atoms. The minimum absolute atomic E-state index is 0.480. The molecule has 5 heteroatoms. The summed E-state index contributed by atoms with van der Waals surface area (Å²) >= 11 is 0. The van der Waals surface area contributed by atoms with Gasteiger partial charge in [0.1, 0.15) is 0 Å². The summed E-state index contributed by atoms with van der Waals surface area (Å²) in [5.74, 6) is 0.670. The minimum atomic E-state index is 0.480. The maximum absolute atomic E-state index is 4.22. The highest BCUT2D eigenvalue weighted by atomic mass is 15.4. The van der Waals surface area contributed by atoms with Gasteiger partial charge in [0.15, 0.2) is 0 Å². The molecule has 1 aliphatic heterocycles. The van der Waals surface area contributed by atoms with Crippen LogP contribution in [0.25, 0.3) is 0 Å². The fraction of sp³-hybridized carbons (Fsp3) is 0.867. The molecule has 0 unspecified atom stereocenters. The standard InChI is InChI=1S/C15H29N5/c1-13(2)9-16-10-14-11-20(18-17-14)8-7-19-6-5-15(3,4)12-19/h11,13,16H,5-10,12H2,1-4H3. The summed E-state index contributed by atoms with van der Waals surface area (Å²) < 4.78 is 1.97. The summed E-state index contributed by atoms with van der Waals surface area (Å²) in [5.41, 5.74) is 1.52. The van der Waals surface area contributed by atoms with Crippen LogP contribution in [0.5, 0.6) is 0 Å². The highest BCUT2D eigenvalue weighted by Crippen LogP contribution is 2.28. The summed E-state index contributed by atoms with van der Waals surface area (Å²) in [5, 5.41) is 11.8. The molecule has 0 amide bonds. The Morgan fingerprint density at radius 2 is 2.15 bits per heavy atom. The third kappa shape index (κ3) is 4.87. The Kier molecular flexibility index (Phi) is 5.16. The van der Waals surface area contributed by atoms with Gasteiger partial charge in [0.25, 0.3) is 0 Å². The number of aromatic nitrogens is 3. The smallest absolute Gasteiger partial charge is 0.0964 e. The molecule has 2 rings (SSSR count). The fourth-order valence-corrected chi connectivity index (χ4v) is 2.68. The Bertz CT molecular complexity index is 410. The minimum Gasteiger partial charge on any atom is -0.311 e. The van der Waals surface area contributed by atoms with Crippen molar-refractivity contribution in [3.05, 3.63) is 11.9 Å². The predicted octanol–water partition coefficient (Wildman–Crippen LogP) is 1.76. The molecule has 0 aliphatic carbocycles. The van der Waals surface area contributed by atoms with E-state index in [0.717, 1.165) is 31.9 Å². The lowest BCUT2D eigenvalue weighted by molar-refractivity contribution is 0.276. The largest absolute Gasteiger partial charge is 0.311 e. The number of nitrogens with zero attached hydrogens (tertiary/aromatic N) is 4. The Balaban J connectivity index is 1.70. The van der Waals surface area contributed by atoms with Gasteiger partial charge in [-0.15, -0.1) is 5.10 Å². The van der Waals surface area contributed by atoms with Crippen LogP contribution in [0, 0.1) is 11.3 Å². The number of nitrogens with one attached hydrogen (secondary N) is 1. The zero-order valence-electron chi connectivity index (χ0n) is 13.4. The molecule has 1 fully saturated rings. The van der Waals surface area contributed by atoms with E-state index in [2.05, 4.69) is 54.4 Å². The van der Waals surface area contributed by atoms with E-state index < -0.39 is 0 Å². The highest BCUT2D eigenvalue weighted by molar-refractivity contribution is 4.91. The molecular formula is C15H29N5. The zero-order chi connectivity index (χ0) is 14.6. The molecule has 1 N–H and O–H groups in total. The van der Waals surface area contributed by atoms with E-state index in [9.17, 15) is 0 Å². The number of rotatable bonds is 7. The van der Waals surface area contributed by atoms with Gasteiger partial charge in [-0.3, -0.25) is 4.68 Å². The van der Waals surface area contributed by atoms with Gasteiger partial charge in [-0.1, -0.05) is 32.9 Å². The number of likely N-dealkylation sites (tertiary alicyclic amines) is 1. The van der Waals surface area contributed by atoms with Gasteiger partial charge in [0.05, 0.1) is 12.2 Å². The molecule has 0 bridgehead atoms. The van der Waals surface area contributed by atoms with Gasteiger partial charge in [-0.25, -0.2) is 0 Å². The SMILES string of the molecule is CC(C)CNCc1cn(CCN2CCC(C)(C)C2)nn1. The van der Waals surface area contributed by atoms with E-state index in [1.807, 2.05) is 4.68 Å². The fourth-order valence-electron chi connectivity index (χ4n) is 2.68. The quantitative estimate of drug-likeness (QED) is 0.826. The van der Waals surface area contributed by atoms with Crippen molar-refractivity contribution in [3.63, 3.8) is 0 Å². The third-order valence-electron chi connectivity index (χ3n) is 3.85. The summed E-state index contributed by atoms with van der Waals surface area (Å²) in [6.45, 7) is 15.4. The molecule has 1 aromatic rings. The highest BCUT2D eigenvalue weighted by Gasteiger charge is 2.28. The van der Waals surface area contributed by atoms with Crippen LogP contribution >= 0.6 is 0 Å². The average molecular weight is 279 g/mol. The lowest BCUT2D eigenvalue weighted by Gasteiger charge is -2.19. The monoisotopic (exact) mass is 279 g/mol. The Morgan fingerprint density at radius 1 is 1.35 bits per heavy atom. The van der Waals surface area contributed by atoms with Crippen molar-refractivity contribution in [2.75, 3.05) is 26.2 Å². The number of hydrogen-bond donors (Lipinski definition) is 1. The average Bonchev–Trinajstić information content (AvgIpc) is 2.93. The normalized spacial score (nSPS) is 19.1. The van der Waals surface area contributed by atoms with Crippen molar-refractivity contribution in [2.45, 2.75) is 47.2 Å². The van der Waals surface area contributed by atoms with Crippen LogP contribution in [0.4, 0.5) is 0 Å². The van der Waals surface area contributed by atoms with Crippen LogP contribution in [0.2, 0.25) is 0 Å². The summed E-state index contributed by atoms with van der Waals surface area (Å²) in [6.07, 6.45) is 3.36. The molecule has 1 saturated heterocycles.